The molecule has 0 aromatic heterocycles. The van der Waals surface area contributed by atoms with Gasteiger partial charge >= 0.3 is 6.18 Å². The Hall–Kier alpha value is -1.76. The van der Waals surface area contributed by atoms with Crippen molar-refractivity contribution in [3.8, 4) is 0 Å². The second kappa shape index (κ2) is 4.40. The monoisotopic (exact) mass is 234 g/mol. The van der Waals surface area contributed by atoms with Crippen molar-refractivity contribution < 1.29 is 28.2 Å². The summed E-state index contributed by atoms with van der Waals surface area (Å²) in [4.78, 5) is 10.1. The minimum atomic E-state index is -4.79. The molecule has 0 aliphatic rings. The van der Waals surface area contributed by atoms with Crippen molar-refractivity contribution in [2.24, 2.45) is 0 Å². The van der Waals surface area contributed by atoms with Gasteiger partial charge in [0.2, 0.25) is 0 Å². The summed E-state index contributed by atoms with van der Waals surface area (Å²) >= 11 is 0. The summed E-state index contributed by atoms with van der Waals surface area (Å²) in [5, 5.41) is 20.8. The van der Waals surface area contributed by atoms with E-state index in [1.54, 1.807) is 5.32 Å². The van der Waals surface area contributed by atoms with Gasteiger partial charge in [0.05, 0.1) is 0 Å². The number of hydrogen-bond acceptors (Lipinski definition) is 3. The molecule has 2 N–H and O–H groups in total. The molecule has 1 unspecified atom stereocenters. The number of aliphatic hydroxyl groups is 1. The van der Waals surface area contributed by atoms with Crippen LogP contribution in [0.1, 0.15) is 11.7 Å². The lowest BCUT2D eigenvalue weighted by molar-refractivity contribution is -0.242. The molecule has 1 aromatic rings. The van der Waals surface area contributed by atoms with E-state index in [1.807, 2.05) is 0 Å². The molecular weight excluding hydrogens is 227 g/mol. The Kier molecular flexibility index (Phi) is 3.38. The van der Waals surface area contributed by atoms with Gasteiger partial charge in [0.25, 0.3) is 0 Å². The highest BCUT2D eigenvalue weighted by atomic mass is 19.4. The van der Waals surface area contributed by atoms with E-state index in [0.29, 0.717) is 0 Å². The molecule has 0 saturated carbocycles. The van der Waals surface area contributed by atoms with Crippen LogP contribution in [0.4, 0.5) is 23.7 Å². The summed E-state index contributed by atoms with van der Waals surface area (Å²) < 4.78 is 36.4. The number of benzene rings is 1. The fourth-order valence-electron chi connectivity index (χ4n) is 1.09. The fourth-order valence-corrected chi connectivity index (χ4v) is 1.09. The third kappa shape index (κ3) is 3.13. The van der Waals surface area contributed by atoms with Crippen LogP contribution in [-0.4, -0.2) is 17.4 Å². The van der Waals surface area contributed by atoms with Crippen LogP contribution in [0.3, 0.4) is 0 Å². The third-order valence-corrected chi connectivity index (χ3v) is 1.76. The number of hydrogen-bond donors (Lipinski definition) is 2. The molecule has 0 fully saturated rings. The molecule has 1 amide bonds. The van der Waals surface area contributed by atoms with Crippen LogP contribution in [0, 0.1) is 0 Å². The average molecular weight is 234 g/mol. The Morgan fingerprint density at radius 3 is 2.56 bits per heavy atom. The number of anilines is 1. The van der Waals surface area contributed by atoms with E-state index < -0.39 is 23.9 Å². The SMILES string of the molecule is O=C([O-])Nc1cccc(C(O)C(F)(F)F)c1. The Morgan fingerprint density at radius 1 is 1.44 bits per heavy atom. The maximum atomic E-state index is 12.1. The molecule has 4 nitrogen and oxygen atoms in total. The number of carbonyl (C=O) groups excluding carboxylic acids is 1. The Balaban J connectivity index is 2.94. The van der Waals surface area contributed by atoms with Gasteiger partial charge in [-0.15, -0.1) is 0 Å². The predicted molar refractivity (Wildman–Crippen MR) is 46.5 cm³/mol. The first-order valence-electron chi connectivity index (χ1n) is 4.13. The Labute approximate surface area is 88.3 Å². The quantitative estimate of drug-likeness (QED) is 0.802. The summed E-state index contributed by atoms with van der Waals surface area (Å²) in [6, 6.07) is 4.35. The lowest BCUT2D eigenvalue weighted by Gasteiger charge is -2.16. The van der Waals surface area contributed by atoms with Gasteiger partial charge in [-0.3, -0.25) is 0 Å². The van der Waals surface area contributed by atoms with Crippen molar-refractivity contribution in [2.45, 2.75) is 12.3 Å². The minimum absolute atomic E-state index is 0.0965. The average Bonchev–Trinajstić information content (AvgIpc) is 2.14. The van der Waals surface area contributed by atoms with Crippen LogP contribution in [0.15, 0.2) is 24.3 Å². The highest BCUT2D eigenvalue weighted by molar-refractivity contribution is 5.81. The number of nitrogens with one attached hydrogen (secondary N) is 1. The van der Waals surface area contributed by atoms with Crippen molar-refractivity contribution in [2.75, 3.05) is 5.32 Å². The maximum Gasteiger partial charge on any atom is 0.418 e. The molecule has 1 aromatic carbocycles. The molecule has 0 radical (unpaired) electrons. The van der Waals surface area contributed by atoms with Gasteiger partial charge < -0.3 is 20.3 Å². The van der Waals surface area contributed by atoms with Gasteiger partial charge in [-0.2, -0.15) is 13.2 Å². The zero-order valence-electron chi connectivity index (χ0n) is 7.78. The molecule has 0 heterocycles. The lowest BCUT2D eigenvalue weighted by Crippen LogP contribution is -2.28. The van der Waals surface area contributed by atoms with E-state index in [0.717, 1.165) is 12.1 Å². The molecule has 1 rings (SSSR count). The molecule has 0 bridgehead atoms. The topological polar surface area (TPSA) is 72.4 Å². The molecule has 7 heteroatoms. The van der Waals surface area contributed by atoms with Crippen molar-refractivity contribution in [1.29, 1.82) is 0 Å². The molecule has 0 saturated heterocycles. The van der Waals surface area contributed by atoms with Gasteiger partial charge in [-0.25, -0.2) is 0 Å². The number of aliphatic hydroxyl groups excluding tert-OH is 1. The Morgan fingerprint density at radius 2 is 2.06 bits per heavy atom. The van der Waals surface area contributed by atoms with E-state index in [1.165, 1.54) is 12.1 Å². The fraction of sp³-hybridized carbons (Fsp3) is 0.222. The first-order chi connectivity index (χ1) is 7.30. The van der Waals surface area contributed by atoms with Gasteiger partial charge in [0, 0.05) is 5.69 Å². The maximum absolute atomic E-state index is 12.1. The molecule has 0 aliphatic carbocycles. The van der Waals surface area contributed by atoms with Crippen LogP contribution in [0.2, 0.25) is 0 Å². The smallest absolute Gasteiger partial charge is 0.418 e. The van der Waals surface area contributed by atoms with Crippen molar-refractivity contribution in [3.63, 3.8) is 0 Å². The van der Waals surface area contributed by atoms with Crippen LogP contribution in [0.5, 0.6) is 0 Å². The third-order valence-electron chi connectivity index (χ3n) is 1.76. The molecule has 88 valence electrons. The summed E-state index contributed by atoms with van der Waals surface area (Å²) in [7, 11) is 0. The highest BCUT2D eigenvalue weighted by Crippen LogP contribution is 2.33. The normalized spacial score (nSPS) is 13.2. The van der Waals surface area contributed by atoms with Crippen LogP contribution >= 0.6 is 0 Å². The zero-order valence-corrected chi connectivity index (χ0v) is 7.78. The van der Waals surface area contributed by atoms with Crippen molar-refractivity contribution in [1.82, 2.24) is 0 Å². The van der Waals surface area contributed by atoms with Crippen LogP contribution in [0.25, 0.3) is 0 Å². The van der Waals surface area contributed by atoms with E-state index in [-0.39, 0.29) is 5.69 Å². The lowest BCUT2D eigenvalue weighted by atomic mass is 10.1. The second-order valence-electron chi connectivity index (χ2n) is 2.98. The predicted octanol–water partition coefficient (Wildman–Crippen LogP) is 1.04. The number of rotatable bonds is 2. The molecular formula is C9H7F3NO3-. The first-order valence-corrected chi connectivity index (χ1v) is 4.13. The zero-order chi connectivity index (χ0) is 12.3. The number of halogens is 3. The summed E-state index contributed by atoms with van der Waals surface area (Å²) in [5.41, 5.74) is -0.542. The number of alkyl halides is 3. The molecule has 1 atom stereocenters. The van der Waals surface area contributed by atoms with Crippen LogP contribution in [-0.2, 0) is 0 Å². The largest absolute Gasteiger partial charge is 0.530 e. The number of carbonyl (C=O) groups is 1. The van der Waals surface area contributed by atoms with Crippen molar-refractivity contribution in [3.05, 3.63) is 29.8 Å². The highest BCUT2D eigenvalue weighted by Gasteiger charge is 2.39. The van der Waals surface area contributed by atoms with Gasteiger partial charge in [-0.05, 0) is 17.7 Å². The van der Waals surface area contributed by atoms with E-state index >= 15 is 0 Å². The van der Waals surface area contributed by atoms with Crippen molar-refractivity contribution >= 4 is 11.8 Å². The Bertz CT molecular complexity index is 392. The number of amides is 1. The van der Waals surface area contributed by atoms with Crippen LogP contribution < -0.4 is 10.4 Å². The van der Waals surface area contributed by atoms with E-state index in [9.17, 15) is 23.1 Å². The molecule has 0 aliphatic heterocycles. The molecule has 16 heavy (non-hydrogen) atoms. The van der Waals surface area contributed by atoms with Gasteiger partial charge in [-0.1, -0.05) is 12.1 Å². The first kappa shape index (κ1) is 12.3. The molecule has 0 spiro atoms. The summed E-state index contributed by atoms with van der Waals surface area (Å²) in [6.07, 6.45) is -9.07. The van der Waals surface area contributed by atoms with E-state index in [4.69, 9.17) is 5.11 Å². The second-order valence-corrected chi connectivity index (χ2v) is 2.98. The minimum Gasteiger partial charge on any atom is -0.530 e. The summed E-state index contributed by atoms with van der Waals surface area (Å²) in [5.74, 6) is 0. The van der Waals surface area contributed by atoms with Gasteiger partial charge in [0.1, 0.15) is 6.09 Å². The summed E-state index contributed by atoms with van der Waals surface area (Å²) in [6.45, 7) is 0. The van der Waals surface area contributed by atoms with Gasteiger partial charge in [0.15, 0.2) is 6.10 Å². The number of carboxylic acid groups (broad SMARTS) is 1. The standard InChI is InChI=1S/C9H8F3NO3/c10-9(11,12)7(14)5-2-1-3-6(4-5)13-8(15)16/h1-4,7,13-14H,(H,15,16)/p-1. The van der Waals surface area contributed by atoms with E-state index in [2.05, 4.69) is 0 Å².